The van der Waals surface area contributed by atoms with Crippen LogP contribution in [-0.2, 0) is 4.79 Å². The van der Waals surface area contributed by atoms with Crippen molar-refractivity contribution < 1.29 is 19.1 Å². The molecule has 5 nitrogen and oxygen atoms in total. The smallest absolute Gasteiger partial charge is 0.312 e. The third kappa shape index (κ3) is 3.26. The lowest BCUT2D eigenvalue weighted by Crippen LogP contribution is -2.31. The molecule has 104 valence electrons. The summed E-state index contributed by atoms with van der Waals surface area (Å²) in [7, 11) is 0. The summed E-state index contributed by atoms with van der Waals surface area (Å²) >= 11 is 0. The van der Waals surface area contributed by atoms with Crippen LogP contribution in [0.1, 0.15) is 27.8 Å². The molecule has 0 aliphatic rings. The first-order valence-electron chi connectivity index (χ1n) is 6.20. The van der Waals surface area contributed by atoms with Gasteiger partial charge >= 0.3 is 5.97 Å². The van der Waals surface area contributed by atoms with Crippen molar-refractivity contribution in [2.24, 2.45) is 0 Å². The van der Waals surface area contributed by atoms with Crippen molar-refractivity contribution in [1.29, 1.82) is 0 Å². The van der Waals surface area contributed by atoms with Crippen LogP contribution in [0.2, 0.25) is 0 Å². The maximum atomic E-state index is 11.8. The first-order valence-corrected chi connectivity index (χ1v) is 6.20. The molecule has 0 saturated carbocycles. The molecule has 0 aliphatic heterocycles. The van der Waals surface area contributed by atoms with Crippen LogP contribution in [0, 0.1) is 6.92 Å². The topological polar surface area (TPSA) is 79.5 Å². The van der Waals surface area contributed by atoms with Crippen molar-refractivity contribution in [3.05, 3.63) is 59.5 Å². The molecule has 0 spiro atoms. The Hall–Kier alpha value is -2.56. The van der Waals surface area contributed by atoms with Crippen molar-refractivity contribution in [2.45, 2.75) is 12.8 Å². The standard InChI is InChI=1S/C15H15NO4/c1-10-7-8-13(20-10)14(17)16-9-12(15(18)19)11-5-3-2-4-6-11/h2-8,12H,9H2,1H3,(H,16,17)(H,18,19). The van der Waals surface area contributed by atoms with Crippen molar-refractivity contribution >= 4 is 11.9 Å². The maximum Gasteiger partial charge on any atom is 0.312 e. The fraction of sp³-hybridized carbons (Fsp3) is 0.200. The van der Waals surface area contributed by atoms with E-state index in [1.54, 1.807) is 43.3 Å². The highest BCUT2D eigenvalue weighted by Gasteiger charge is 2.21. The molecule has 0 radical (unpaired) electrons. The van der Waals surface area contributed by atoms with Gasteiger partial charge in [-0.15, -0.1) is 0 Å². The Kier molecular flexibility index (Phi) is 4.20. The lowest BCUT2D eigenvalue weighted by atomic mass is 9.99. The van der Waals surface area contributed by atoms with Gasteiger partial charge in [-0.05, 0) is 24.6 Å². The van der Waals surface area contributed by atoms with Gasteiger partial charge in [0.2, 0.25) is 0 Å². The lowest BCUT2D eigenvalue weighted by Gasteiger charge is -2.13. The Labute approximate surface area is 116 Å². The van der Waals surface area contributed by atoms with E-state index in [1.165, 1.54) is 0 Å². The van der Waals surface area contributed by atoms with E-state index in [1.807, 2.05) is 6.07 Å². The highest BCUT2D eigenvalue weighted by molar-refractivity contribution is 5.92. The second-order valence-electron chi connectivity index (χ2n) is 4.42. The van der Waals surface area contributed by atoms with Crippen LogP contribution >= 0.6 is 0 Å². The highest BCUT2D eigenvalue weighted by Crippen LogP contribution is 2.15. The zero-order valence-electron chi connectivity index (χ0n) is 11.0. The summed E-state index contributed by atoms with van der Waals surface area (Å²) in [5.41, 5.74) is 0.649. The predicted molar refractivity (Wildman–Crippen MR) is 72.6 cm³/mol. The maximum absolute atomic E-state index is 11.8. The van der Waals surface area contributed by atoms with Crippen LogP contribution in [0.15, 0.2) is 46.9 Å². The van der Waals surface area contributed by atoms with E-state index in [9.17, 15) is 14.7 Å². The van der Waals surface area contributed by atoms with E-state index in [-0.39, 0.29) is 12.3 Å². The van der Waals surface area contributed by atoms with Crippen LogP contribution in [0.25, 0.3) is 0 Å². The number of rotatable bonds is 5. The van der Waals surface area contributed by atoms with Gasteiger partial charge in [0, 0.05) is 6.54 Å². The van der Waals surface area contributed by atoms with Gasteiger partial charge in [0.15, 0.2) is 5.76 Å². The molecule has 20 heavy (non-hydrogen) atoms. The zero-order chi connectivity index (χ0) is 14.5. The Morgan fingerprint density at radius 1 is 1.20 bits per heavy atom. The van der Waals surface area contributed by atoms with Gasteiger partial charge in [-0.2, -0.15) is 0 Å². The number of hydrogen-bond acceptors (Lipinski definition) is 3. The zero-order valence-corrected chi connectivity index (χ0v) is 11.0. The van der Waals surface area contributed by atoms with Crippen LogP contribution in [0.4, 0.5) is 0 Å². The Morgan fingerprint density at radius 3 is 2.45 bits per heavy atom. The number of carbonyl (C=O) groups excluding carboxylic acids is 1. The van der Waals surface area contributed by atoms with Gasteiger partial charge in [0.05, 0.1) is 5.92 Å². The van der Waals surface area contributed by atoms with Crippen LogP contribution < -0.4 is 5.32 Å². The number of benzene rings is 1. The molecule has 1 atom stereocenters. The highest BCUT2D eigenvalue weighted by atomic mass is 16.4. The van der Waals surface area contributed by atoms with E-state index in [4.69, 9.17) is 4.42 Å². The van der Waals surface area contributed by atoms with Gasteiger partial charge in [-0.1, -0.05) is 30.3 Å². The first-order chi connectivity index (χ1) is 9.58. The summed E-state index contributed by atoms with van der Waals surface area (Å²) in [5.74, 6) is -1.36. The quantitative estimate of drug-likeness (QED) is 0.875. The largest absolute Gasteiger partial charge is 0.481 e. The second kappa shape index (κ2) is 6.06. The third-order valence-electron chi connectivity index (χ3n) is 2.93. The van der Waals surface area contributed by atoms with Crippen molar-refractivity contribution in [3.63, 3.8) is 0 Å². The number of nitrogens with one attached hydrogen (secondary N) is 1. The predicted octanol–water partition coefficient (Wildman–Crippen LogP) is 2.19. The van der Waals surface area contributed by atoms with Crippen LogP contribution in [-0.4, -0.2) is 23.5 Å². The summed E-state index contributed by atoms with van der Waals surface area (Å²) in [6, 6.07) is 12.0. The molecule has 1 unspecified atom stereocenters. The van der Waals surface area contributed by atoms with Crippen molar-refractivity contribution in [2.75, 3.05) is 6.54 Å². The molecule has 1 heterocycles. The summed E-state index contributed by atoms with van der Waals surface area (Å²) in [5, 5.41) is 11.8. The molecule has 2 rings (SSSR count). The average Bonchev–Trinajstić information content (AvgIpc) is 2.86. The normalized spacial score (nSPS) is 11.8. The molecule has 1 amide bonds. The van der Waals surface area contributed by atoms with E-state index in [0.29, 0.717) is 11.3 Å². The number of hydrogen-bond donors (Lipinski definition) is 2. The molecule has 5 heteroatoms. The lowest BCUT2D eigenvalue weighted by molar-refractivity contribution is -0.138. The fourth-order valence-corrected chi connectivity index (χ4v) is 1.87. The van der Waals surface area contributed by atoms with Crippen molar-refractivity contribution in [3.8, 4) is 0 Å². The number of aliphatic carboxylic acids is 1. The molecule has 0 bridgehead atoms. The monoisotopic (exact) mass is 273 g/mol. The van der Waals surface area contributed by atoms with Gasteiger partial charge in [-0.25, -0.2) is 0 Å². The van der Waals surface area contributed by atoms with E-state index >= 15 is 0 Å². The van der Waals surface area contributed by atoms with E-state index < -0.39 is 17.8 Å². The number of aryl methyl sites for hydroxylation is 1. The Bertz CT molecular complexity index is 603. The molecular formula is C15H15NO4. The minimum atomic E-state index is -0.980. The number of carboxylic acid groups (broad SMARTS) is 1. The molecule has 1 aromatic carbocycles. The van der Waals surface area contributed by atoms with Gasteiger partial charge in [-0.3, -0.25) is 9.59 Å². The molecular weight excluding hydrogens is 258 g/mol. The minimum absolute atomic E-state index is 0.0118. The SMILES string of the molecule is Cc1ccc(C(=O)NCC(C(=O)O)c2ccccc2)o1. The van der Waals surface area contributed by atoms with Crippen LogP contribution in [0.5, 0.6) is 0 Å². The van der Waals surface area contributed by atoms with Crippen LogP contribution in [0.3, 0.4) is 0 Å². The molecule has 2 N–H and O–H groups in total. The van der Waals surface area contributed by atoms with E-state index in [0.717, 1.165) is 0 Å². The summed E-state index contributed by atoms with van der Waals surface area (Å²) in [6.07, 6.45) is 0. The molecule has 0 saturated heterocycles. The number of carboxylic acids is 1. The molecule has 1 aromatic heterocycles. The third-order valence-corrected chi connectivity index (χ3v) is 2.93. The molecule has 0 aliphatic carbocycles. The minimum Gasteiger partial charge on any atom is -0.481 e. The first kappa shape index (κ1) is 13.9. The number of furan rings is 1. The second-order valence-corrected chi connectivity index (χ2v) is 4.42. The number of amides is 1. The van der Waals surface area contributed by atoms with Gasteiger partial charge in [0.1, 0.15) is 5.76 Å². The fourth-order valence-electron chi connectivity index (χ4n) is 1.87. The van der Waals surface area contributed by atoms with E-state index in [2.05, 4.69) is 5.32 Å². The summed E-state index contributed by atoms with van der Waals surface area (Å²) in [4.78, 5) is 23.1. The van der Waals surface area contributed by atoms with Gasteiger partial charge < -0.3 is 14.8 Å². The number of carbonyl (C=O) groups is 2. The Balaban J connectivity index is 2.03. The Morgan fingerprint density at radius 2 is 1.90 bits per heavy atom. The van der Waals surface area contributed by atoms with Gasteiger partial charge in [0.25, 0.3) is 5.91 Å². The molecule has 2 aromatic rings. The molecule has 0 fully saturated rings. The van der Waals surface area contributed by atoms with Crippen molar-refractivity contribution in [1.82, 2.24) is 5.32 Å². The average molecular weight is 273 g/mol. The summed E-state index contributed by atoms with van der Waals surface area (Å²) in [6.45, 7) is 1.75. The summed E-state index contributed by atoms with van der Waals surface area (Å²) < 4.78 is 5.18.